The second kappa shape index (κ2) is 3.77. The van der Waals surface area contributed by atoms with Crippen molar-refractivity contribution in [2.75, 3.05) is 0 Å². The molecule has 0 atom stereocenters. The molecule has 0 aromatic carbocycles. The number of hydrogen-bond acceptors (Lipinski definition) is 1. The zero-order valence-corrected chi connectivity index (χ0v) is 5.86. The van der Waals surface area contributed by atoms with E-state index in [0.29, 0.717) is 0 Å². The lowest BCUT2D eigenvalue weighted by atomic mass is 10.2. The Hall–Kier alpha value is -1.18. The molecule has 0 N–H and O–H groups in total. The molecule has 0 unspecified atom stereocenters. The van der Waals surface area contributed by atoms with Crippen LogP contribution >= 0.6 is 0 Å². The summed E-state index contributed by atoms with van der Waals surface area (Å²) in [4.78, 5) is 10.5. The number of carbonyl (C=O) groups is 1. The van der Waals surface area contributed by atoms with Crippen LogP contribution in [0.15, 0.2) is 36.7 Å². The van der Waals surface area contributed by atoms with Gasteiger partial charge in [0, 0.05) is 5.57 Å². The summed E-state index contributed by atoms with van der Waals surface area (Å²) < 4.78 is 11.9. The van der Waals surface area contributed by atoms with E-state index in [2.05, 4.69) is 13.2 Å². The molecular weight excluding hydrogens is 131 g/mol. The summed E-state index contributed by atoms with van der Waals surface area (Å²) >= 11 is 0. The summed E-state index contributed by atoms with van der Waals surface area (Å²) in [6.07, 6.45) is 2.40. The number of carbonyl (C=O) groups excluding carboxylic acids is 1. The summed E-state index contributed by atoms with van der Waals surface area (Å²) in [5.41, 5.74) is 0.277. The molecule has 0 fully saturated rings. The van der Waals surface area contributed by atoms with Crippen molar-refractivity contribution in [1.82, 2.24) is 0 Å². The van der Waals surface area contributed by atoms with Crippen molar-refractivity contribution in [1.29, 1.82) is 0 Å². The summed E-state index contributed by atoms with van der Waals surface area (Å²) in [6.45, 7) is 7.73. The van der Waals surface area contributed by atoms with Crippen LogP contribution in [0.2, 0.25) is 0 Å². The van der Waals surface area contributed by atoms with Crippen LogP contribution in [-0.4, -0.2) is 5.78 Å². The molecule has 0 aliphatic heterocycles. The van der Waals surface area contributed by atoms with Gasteiger partial charge in [0.05, 0.1) is 0 Å². The SMILES string of the molecule is C=C(F)/C=C\C(=C)C(C)=O. The van der Waals surface area contributed by atoms with Gasteiger partial charge in [0.2, 0.25) is 0 Å². The number of hydrogen-bond donors (Lipinski definition) is 0. The molecular formula is C8H9FO. The van der Waals surface area contributed by atoms with Gasteiger partial charge in [-0.1, -0.05) is 13.2 Å². The van der Waals surface area contributed by atoms with Crippen molar-refractivity contribution in [3.8, 4) is 0 Å². The summed E-state index contributed by atoms with van der Waals surface area (Å²) in [5, 5.41) is 0. The smallest absolute Gasteiger partial charge is 0.159 e. The molecule has 0 amide bonds. The molecule has 54 valence electrons. The predicted molar refractivity (Wildman–Crippen MR) is 39.2 cm³/mol. The molecule has 0 saturated carbocycles. The first-order valence-electron chi connectivity index (χ1n) is 2.76. The predicted octanol–water partition coefficient (Wildman–Crippen LogP) is 2.17. The molecule has 0 aliphatic rings. The van der Waals surface area contributed by atoms with Gasteiger partial charge in [-0.05, 0) is 19.1 Å². The Morgan fingerprint density at radius 2 is 1.90 bits per heavy atom. The second-order valence-corrected chi connectivity index (χ2v) is 1.86. The maximum Gasteiger partial charge on any atom is 0.159 e. The molecule has 1 nitrogen and oxygen atoms in total. The van der Waals surface area contributed by atoms with Crippen molar-refractivity contribution < 1.29 is 9.18 Å². The minimum absolute atomic E-state index is 0.169. The topological polar surface area (TPSA) is 17.1 Å². The van der Waals surface area contributed by atoms with E-state index in [9.17, 15) is 9.18 Å². The van der Waals surface area contributed by atoms with E-state index >= 15 is 0 Å². The van der Waals surface area contributed by atoms with Crippen LogP contribution in [0.3, 0.4) is 0 Å². The van der Waals surface area contributed by atoms with Crippen molar-refractivity contribution >= 4 is 5.78 Å². The fraction of sp³-hybridized carbons (Fsp3) is 0.125. The number of allylic oxidation sites excluding steroid dienone is 4. The number of Topliss-reactive ketones (excluding diaryl/α,β-unsaturated/α-hetero) is 1. The highest BCUT2D eigenvalue weighted by molar-refractivity contribution is 5.95. The van der Waals surface area contributed by atoms with E-state index in [0.717, 1.165) is 6.08 Å². The van der Waals surface area contributed by atoms with Crippen LogP contribution in [0.1, 0.15) is 6.92 Å². The zero-order chi connectivity index (χ0) is 8.15. The highest BCUT2D eigenvalue weighted by Gasteiger charge is 1.92. The van der Waals surface area contributed by atoms with Crippen LogP contribution in [0.25, 0.3) is 0 Å². The Kier molecular flexibility index (Phi) is 3.33. The van der Waals surface area contributed by atoms with E-state index in [1.54, 1.807) is 0 Å². The first-order chi connectivity index (χ1) is 4.54. The van der Waals surface area contributed by atoms with Gasteiger partial charge in [-0.3, -0.25) is 4.79 Å². The third kappa shape index (κ3) is 3.78. The lowest BCUT2D eigenvalue weighted by Gasteiger charge is -1.88. The van der Waals surface area contributed by atoms with E-state index in [1.165, 1.54) is 13.0 Å². The fourth-order valence-corrected chi connectivity index (χ4v) is 0.308. The molecule has 0 saturated heterocycles. The Morgan fingerprint density at radius 1 is 1.40 bits per heavy atom. The van der Waals surface area contributed by atoms with Crippen molar-refractivity contribution in [2.45, 2.75) is 6.92 Å². The third-order valence-electron chi connectivity index (χ3n) is 0.918. The van der Waals surface area contributed by atoms with Gasteiger partial charge < -0.3 is 0 Å². The largest absolute Gasteiger partial charge is 0.295 e. The number of ketones is 1. The monoisotopic (exact) mass is 140 g/mol. The van der Waals surface area contributed by atoms with Crippen LogP contribution in [0.5, 0.6) is 0 Å². The summed E-state index contributed by atoms with van der Waals surface area (Å²) in [7, 11) is 0. The van der Waals surface area contributed by atoms with Gasteiger partial charge in [-0.2, -0.15) is 0 Å². The van der Waals surface area contributed by atoms with Crippen molar-refractivity contribution in [2.24, 2.45) is 0 Å². The van der Waals surface area contributed by atoms with Crippen LogP contribution in [0, 0.1) is 0 Å². The van der Waals surface area contributed by atoms with Crippen LogP contribution < -0.4 is 0 Å². The van der Waals surface area contributed by atoms with Gasteiger partial charge in [0.15, 0.2) is 5.78 Å². The van der Waals surface area contributed by atoms with Gasteiger partial charge in [0.1, 0.15) is 5.83 Å². The van der Waals surface area contributed by atoms with Crippen molar-refractivity contribution in [3.63, 3.8) is 0 Å². The quantitative estimate of drug-likeness (QED) is 0.433. The molecule has 0 spiro atoms. The highest BCUT2D eigenvalue weighted by Crippen LogP contribution is 1.99. The van der Waals surface area contributed by atoms with E-state index in [1.807, 2.05) is 0 Å². The fourth-order valence-electron chi connectivity index (χ4n) is 0.308. The van der Waals surface area contributed by atoms with Gasteiger partial charge >= 0.3 is 0 Å². The molecule has 0 aromatic heterocycles. The molecule has 0 bridgehead atoms. The second-order valence-electron chi connectivity index (χ2n) is 1.86. The highest BCUT2D eigenvalue weighted by atomic mass is 19.1. The maximum absolute atomic E-state index is 11.9. The summed E-state index contributed by atoms with van der Waals surface area (Å²) in [5.74, 6) is -0.750. The molecule has 0 heterocycles. The Bertz CT molecular complexity index is 201. The van der Waals surface area contributed by atoms with E-state index in [4.69, 9.17) is 0 Å². The first kappa shape index (κ1) is 8.82. The van der Waals surface area contributed by atoms with Crippen LogP contribution in [-0.2, 0) is 4.79 Å². The van der Waals surface area contributed by atoms with Crippen LogP contribution in [0.4, 0.5) is 4.39 Å². The van der Waals surface area contributed by atoms with Crippen molar-refractivity contribution in [3.05, 3.63) is 36.7 Å². The lowest BCUT2D eigenvalue weighted by molar-refractivity contribution is -0.113. The maximum atomic E-state index is 11.9. The normalized spacial score (nSPS) is 9.80. The average Bonchev–Trinajstić information content (AvgIpc) is 1.82. The number of halogens is 1. The Balaban J connectivity index is 4.03. The number of rotatable bonds is 3. The zero-order valence-electron chi connectivity index (χ0n) is 5.86. The Morgan fingerprint density at radius 3 is 2.20 bits per heavy atom. The molecule has 2 heteroatoms. The molecule has 0 radical (unpaired) electrons. The van der Waals surface area contributed by atoms with Gasteiger partial charge in [-0.25, -0.2) is 4.39 Å². The van der Waals surface area contributed by atoms with E-state index < -0.39 is 5.83 Å². The molecule has 10 heavy (non-hydrogen) atoms. The minimum Gasteiger partial charge on any atom is -0.295 e. The first-order valence-corrected chi connectivity index (χ1v) is 2.76. The van der Waals surface area contributed by atoms with Gasteiger partial charge in [0.25, 0.3) is 0 Å². The minimum atomic E-state index is -0.581. The third-order valence-corrected chi connectivity index (χ3v) is 0.918. The average molecular weight is 140 g/mol. The molecule has 0 aliphatic carbocycles. The lowest BCUT2D eigenvalue weighted by Crippen LogP contribution is -1.89. The molecule has 0 aromatic rings. The standard InChI is InChI=1S/C8H9FO/c1-6(8(3)10)4-5-7(2)9/h4-5H,1-2H2,3H3/b5-4-. The van der Waals surface area contributed by atoms with Gasteiger partial charge in [-0.15, -0.1) is 0 Å². The Labute approximate surface area is 59.6 Å². The summed E-state index contributed by atoms with van der Waals surface area (Å²) in [6, 6.07) is 0. The molecule has 0 rings (SSSR count). The van der Waals surface area contributed by atoms with E-state index in [-0.39, 0.29) is 11.4 Å².